The second kappa shape index (κ2) is 8.65. The van der Waals surface area contributed by atoms with Crippen molar-refractivity contribution in [3.05, 3.63) is 48.3 Å². The van der Waals surface area contributed by atoms with Crippen molar-refractivity contribution >= 4 is 11.8 Å². The highest BCUT2D eigenvalue weighted by Crippen LogP contribution is 2.32. The van der Waals surface area contributed by atoms with E-state index in [4.69, 9.17) is 0 Å². The zero-order valence-corrected chi connectivity index (χ0v) is 15.5. The lowest BCUT2D eigenvalue weighted by molar-refractivity contribution is -0.141. The molecular formula is C21H27FN2O3. The lowest BCUT2D eigenvalue weighted by atomic mass is 9.86. The molecule has 27 heavy (non-hydrogen) atoms. The van der Waals surface area contributed by atoms with Gasteiger partial charge in [-0.15, -0.1) is 0 Å². The molecule has 2 atom stereocenters. The van der Waals surface area contributed by atoms with E-state index in [0.29, 0.717) is 44.6 Å². The number of piperidine rings is 2. The van der Waals surface area contributed by atoms with Crippen molar-refractivity contribution in [3.63, 3.8) is 0 Å². The molecule has 0 bridgehead atoms. The van der Waals surface area contributed by atoms with Crippen molar-refractivity contribution in [1.29, 1.82) is 0 Å². The van der Waals surface area contributed by atoms with Gasteiger partial charge in [-0.1, -0.05) is 18.7 Å². The number of amides is 2. The Balaban J connectivity index is 1.53. The second-order valence-electron chi connectivity index (χ2n) is 7.49. The van der Waals surface area contributed by atoms with Gasteiger partial charge in [-0.25, -0.2) is 4.39 Å². The van der Waals surface area contributed by atoms with E-state index < -0.39 is 6.10 Å². The molecule has 2 unspecified atom stereocenters. The van der Waals surface area contributed by atoms with Crippen LogP contribution in [0.5, 0.6) is 0 Å². The van der Waals surface area contributed by atoms with Gasteiger partial charge in [-0.05, 0) is 55.4 Å². The van der Waals surface area contributed by atoms with Gasteiger partial charge in [0.25, 0.3) is 0 Å². The summed E-state index contributed by atoms with van der Waals surface area (Å²) in [6, 6.07) is 5.95. The smallest absolute Gasteiger partial charge is 0.245 e. The molecule has 146 valence electrons. The number of nitrogens with zero attached hydrogens (tertiary/aromatic N) is 2. The summed E-state index contributed by atoms with van der Waals surface area (Å²) >= 11 is 0. The van der Waals surface area contributed by atoms with Gasteiger partial charge in [-0.2, -0.15) is 0 Å². The fourth-order valence-corrected chi connectivity index (χ4v) is 4.13. The number of halogens is 1. The van der Waals surface area contributed by atoms with Crippen LogP contribution in [-0.2, 0) is 9.59 Å². The zero-order chi connectivity index (χ0) is 19.4. The van der Waals surface area contributed by atoms with Gasteiger partial charge in [0, 0.05) is 26.2 Å². The average molecular weight is 374 g/mol. The van der Waals surface area contributed by atoms with Gasteiger partial charge in [-0.3, -0.25) is 9.59 Å². The Morgan fingerprint density at radius 2 is 1.78 bits per heavy atom. The van der Waals surface area contributed by atoms with Crippen molar-refractivity contribution in [2.24, 2.45) is 11.8 Å². The molecule has 2 aliphatic rings. The van der Waals surface area contributed by atoms with Gasteiger partial charge in [0.2, 0.25) is 11.8 Å². The normalized spacial score (nSPS) is 22.4. The Kier molecular flexibility index (Phi) is 6.26. The molecule has 0 radical (unpaired) electrons. The fraction of sp³-hybridized carbons (Fsp3) is 0.524. The summed E-state index contributed by atoms with van der Waals surface area (Å²) in [6.07, 6.45) is 3.72. The first kappa shape index (κ1) is 19.5. The first-order valence-electron chi connectivity index (χ1n) is 9.63. The Hall–Kier alpha value is -2.21. The second-order valence-corrected chi connectivity index (χ2v) is 7.49. The maximum absolute atomic E-state index is 13.1. The lowest BCUT2D eigenvalue weighted by Gasteiger charge is -2.38. The topological polar surface area (TPSA) is 60.9 Å². The zero-order valence-electron chi connectivity index (χ0n) is 15.5. The summed E-state index contributed by atoms with van der Waals surface area (Å²) in [5.74, 6) is -0.423. The minimum atomic E-state index is -0.641. The van der Waals surface area contributed by atoms with E-state index in [9.17, 15) is 19.1 Å². The summed E-state index contributed by atoms with van der Waals surface area (Å²) in [4.78, 5) is 28.2. The molecule has 2 aliphatic heterocycles. The first-order valence-corrected chi connectivity index (χ1v) is 9.63. The van der Waals surface area contributed by atoms with Crippen LogP contribution < -0.4 is 0 Å². The van der Waals surface area contributed by atoms with Gasteiger partial charge < -0.3 is 14.9 Å². The first-order chi connectivity index (χ1) is 13.0. The molecule has 2 heterocycles. The Morgan fingerprint density at radius 3 is 2.41 bits per heavy atom. The van der Waals surface area contributed by atoms with Crippen LogP contribution in [0.4, 0.5) is 4.39 Å². The summed E-state index contributed by atoms with van der Waals surface area (Å²) in [5, 5.41) is 10.6. The van der Waals surface area contributed by atoms with Crippen LogP contribution in [0.25, 0.3) is 0 Å². The van der Waals surface area contributed by atoms with Crippen LogP contribution in [0, 0.1) is 17.7 Å². The van der Waals surface area contributed by atoms with E-state index in [-0.39, 0.29) is 29.5 Å². The predicted octanol–water partition coefficient (Wildman–Crippen LogP) is 2.52. The molecule has 1 aromatic carbocycles. The van der Waals surface area contributed by atoms with E-state index >= 15 is 0 Å². The number of carbonyl (C=O) groups excluding carboxylic acids is 2. The quantitative estimate of drug-likeness (QED) is 0.824. The molecule has 3 rings (SSSR count). The number of benzene rings is 1. The van der Waals surface area contributed by atoms with Crippen molar-refractivity contribution in [3.8, 4) is 0 Å². The third-order valence-corrected chi connectivity index (χ3v) is 5.77. The molecule has 5 nitrogen and oxygen atoms in total. The number of hydrogen-bond donors (Lipinski definition) is 1. The van der Waals surface area contributed by atoms with Crippen molar-refractivity contribution in [1.82, 2.24) is 9.80 Å². The van der Waals surface area contributed by atoms with E-state index in [1.165, 1.54) is 18.2 Å². The fourth-order valence-electron chi connectivity index (χ4n) is 4.13. The minimum absolute atomic E-state index is 0.0599. The van der Waals surface area contributed by atoms with Crippen LogP contribution >= 0.6 is 0 Å². The summed E-state index contributed by atoms with van der Waals surface area (Å²) in [6.45, 7) is 5.87. The van der Waals surface area contributed by atoms with Crippen LogP contribution in [0.2, 0.25) is 0 Å². The van der Waals surface area contributed by atoms with Crippen LogP contribution in [-0.4, -0.2) is 52.9 Å². The molecule has 1 aromatic rings. The molecule has 2 amide bonds. The van der Waals surface area contributed by atoms with Gasteiger partial charge >= 0.3 is 0 Å². The van der Waals surface area contributed by atoms with E-state index in [2.05, 4.69) is 6.58 Å². The number of likely N-dealkylation sites (tertiary alicyclic amines) is 2. The summed E-state index contributed by atoms with van der Waals surface area (Å²) in [5.41, 5.74) is 0.715. The van der Waals surface area contributed by atoms with Crippen molar-refractivity contribution < 1.29 is 19.1 Å². The largest absolute Gasteiger partial charge is 0.388 e. The molecule has 0 aliphatic carbocycles. The van der Waals surface area contributed by atoms with Gasteiger partial charge in [0.15, 0.2) is 0 Å². The highest BCUT2D eigenvalue weighted by atomic mass is 19.1. The molecule has 1 N–H and O–H groups in total. The van der Waals surface area contributed by atoms with Gasteiger partial charge in [0.1, 0.15) is 5.82 Å². The number of aliphatic hydroxyl groups is 1. The predicted molar refractivity (Wildman–Crippen MR) is 100 cm³/mol. The third-order valence-electron chi connectivity index (χ3n) is 5.77. The van der Waals surface area contributed by atoms with Crippen LogP contribution in [0.15, 0.2) is 36.9 Å². The van der Waals surface area contributed by atoms with Crippen molar-refractivity contribution in [2.45, 2.75) is 31.8 Å². The number of carbonyl (C=O) groups is 2. The molecule has 0 spiro atoms. The Morgan fingerprint density at radius 1 is 1.11 bits per heavy atom. The lowest BCUT2D eigenvalue weighted by Crippen LogP contribution is -2.48. The van der Waals surface area contributed by atoms with E-state index in [1.807, 2.05) is 4.90 Å². The molecule has 0 saturated carbocycles. The third kappa shape index (κ3) is 4.56. The Bertz CT molecular complexity index is 683. The summed E-state index contributed by atoms with van der Waals surface area (Å²) < 4.78 is 13.1. The number of rotatable bonds is 4. The van der Waals surface area contributed by atoms with Crippen molar-refractivity contribution in [2.75, 3.05) is 26.2 Å². The highest BCUT2D eigenvalue weighted by Gasteiger charge is 2.34. The van der Waals surface area contributed by atoms with Crippen LogP contribution in [0.3, 0.4) is 0 Å². The summed E-state index contributed by atoms with van der Waals surface area (Å²) in [7, 11) is 0. The maximum Gasteiger partial charge on any atom is 0.245 e. The van der Waals surface area contributed by atoms with Crippen LogP contribution in [0.1, 0.15) is 37.4 Å². The molecule has 0 aromatic heterocycles. The monoisotopic (exact) mass is 374 g/mol. The Labute approximate surface area is 159 Å². The SMILES string of the molecule is C=CC(=O)N1CCCC(C(=O)N2CCC(C(O)c3ccc(F)cc3)CC2)C1. The number of aliphatic hydroxyl groups excluding tert-OH is 1. The average Bonchev–Trinajstić information content (AvgIpc) is 2.73. The maximum atomic E-state index is 13.1. The molecule has 2 fully saturated rings. The molecule has 6 heteroatoms. The van der Waals surface area contributed by atoms with E-state index in [0.717, 1.165) is 12.8 Å². The highest BCUT2D eigenvalue weighted by molar-refractivity contribution is 5.88. The van der Waals surface area contributed by atoms with E-state index in [1.54, 1.807) is 17.0 Å². The molecule has 2 saturated heterocycles. The molecular weight excluding hydrogens is 347 g/mol. The van der Waals surface area contributed by atoms with Gasteiger partial charge in [0.05, 0.1) is 12.0 Å². The standard InChI is InChI=1S/C21H27FN2O3/c1-2-19(25)24-11-3-4-17(14-24)21(27)23-12-9-16(10-13-23)20(26)15-5-7-18(22)8-6-15/h2,5-8,16-17,20,26H,1,3-4,9-14H2. The number of hydrogen-bond acceptors (Lipinski definition) is 3. The minimum Gasteiger partial charge on any atom is -0.388 e.